The van der Waals surface area contributed by atoms with Gasteiger partial charge in [0.2, 0.25) is 0 Å². The van der Waals surface area contributed by atoms with Crippen molar-refractivity contribution in [3.63, 3.8) is 0 Å². The molecule has 1 amide bonds. The number of halogens is 1. The van der Waals surface area contributed by atoms with E-state index in [0.717, 1.165) is 37.2 Å². The molecule has 2 aliphatic rings. The van der Waals surface area contributed by atoms with Gasteiger partial charge >= 0.3 is 0 Å². The molecule has 0 unspecified atom stereocenters. The summed E-state index contributed by atoms with van der Waals surface area (Å²) in [5.74, 6) is 0.212. The van der Waals surface area contributed by atoms with E-state index in [1.807, 2.05) is 11.9 Å². The zero-order valence-corrected chi connectivity index (χ0v) is 17.3. The summed E-state index contributed by atoms with van der Waals surface area (Å²) in [6.07, 6.45) is 3.09. The third-order valence-corrected chi connectivity index (χ3v) is 6.94. The fourth-order valence-electron chi connectivity index (χ4n) is 4.26. The van der Waals surface area contributed by atoms with Gasteiger partial charge in [-0.15, -0.1) is 23.7 Å². The number of carbonyl (C=O) groups excluding carboxylic acids is 1. The van der Waals surface area contributed by atoms with Gasteiger partial charge in [0, 0.05) is 24.0 Å². The van der Waals surface area contributed by atoms with Gasteiger partial charge in [-0.3, -0.25) is 4.79 Å². The van der Waals surface area contributed by atoms with Crippen LogP contribution in [0.2, 0.25) is 0 Å². The van der Waals surface area contributed by atoms with Crippen LogP contribution < -0.4 is 5.32 Å². The van der Waals surface area contributed by atoms with Gasteiger partial charge in [0.05, 0.1) is 4.88 Å². The van der Waals surface area contributed by atoms with E-state index in [9.17, 15) is 4.79 Å². The van der Waals surface area contributed by atoms with Crippen molar-refractivity contribution in [2.45, 2.75) is 44.6 Å². The summed E-state index contributed by atoms with van der Waals surface area (Å²) in [6.45, 7) is 6.32. The van der Waals surface area contributed by atoms with Crippen molar-refractivity contribution in [1.29, 1.82) is 0 Å². The second-order valence-corrected chi connectivity index (χ2v) is 8.98. The highest BCUT2D eigenvalue weighted by atomic mass is 35.5. The molecular formula is C21H27ClN2OS. The molecular weight excluding hydrogens is 364 g/mol. The van der Waals surface area contributed by atoms with E-state index in [2.05, 4.69) is 49.5 Å². The zero-order valence-electron chi connectivity index (χ0n) is 15.7. The Kier molecular flexibility index (Phi) is 5.48. The molecule has 1 saturated heterocycles. The minimum Gasteiger partial charge on any atom is -0.338 e. The van der Waals surface area contributed by atoms with Crippen LogP contribution in [-0.2, 0) is 11.8 Å². The molecule has 26 heavy (non-hydrogen) atoms. The number of carbonyl (C=O) groups is 1. The number of amides is 1. The first-order valence-electron chi connectivity index (χ1n) is 9.19. The van der Waals surface area contributed by atoms with Crippen LogP contribution in [0.3, 0.4) is 0 Å². The van der Waals surface area contributed by atoms with Crippen LogP contribution in [0.1, 0.15) is 47.5 Å². The number of benzene rings is 1. The van der Waals surface area contributed by atoms with E-state index in [1.165, 1.54) is 21.6 Å². The number of fused-ring (bicyclic) bond motifs is 3. The van der Waals surface area contributed by atoms with Crippen LogP contribution in [0.5, 0.6) is 0 Å². The first kappa shape index (κ1) is 19.4. The van der Waals surface area contributed by atoms with Crippen molar-refractivity contribution in [1.82, 2.24) is 10.2 Å². The predicted octanol–water partition coefficient (Wildman–Crippen LogP) is 4.49. The summed E-state index contributed by atoms with van der Waals surface area (Å²) in [4.78, 5) is 17.2. The molecule has 2 heterocycles. The second-order valence-electron chi connectivity index (χ2n) is 7.93. The lowest BCUT2D eigenvalue weighted by Crippen LogP contribution is -2.43. The Bertz CT molecular complexity index is 806. The van der Waals surface area contributed by atoms with Crippen LogP contribution in [0.4, 0.5) is 0 Å². The Labute approximate surface area is 166 Å². The monoisotopic (exact) mass is 390 g/mol. The molecule has 1 aromatic heterocycles. The Hall–Kier alpha value is -1.36. The largest absolute Gasteiger partial charge is 0.338 e. The number of piperidine rings is 1. The van der Waals surface area contributed by atoms with Crippen molar-refractivity contribution in [2.75, 3.05) is 20.1 Å². The number of hydrogen-bond acceptors (Lipinski definition) is 3. The average molecular weight is 391 g/mol. The van der Waals surface area contributed by atoms with Crippen molar-refractivity contribution in [3.05, 3.63) is 46.3 Å². The lowest BCUT2D eigenvalue weighted by Gasteiger charge is -2.32. The second kappa shape index (κ2) is 7.34. The van der Waals surface area contributed by atoms with Gasteiger partial charge in [-0.1, -0.05) is 38.1 Å². The van der Waals surface area contributed by atoms with Gasteiger partial charge in [-0.2, -0.15) is 0 Å². The molecule has 0 atom stereocenters. The molecule has 1 aliphatic heterocycles. The Morgan fingerprint density at radius 2 is 1.92 bits per heavy atom. The van der Waals surface area contributed by atoms with Crippen molar-refractivity contribution >= 4 is 29.7 Å². The van der Waals surface area contributed by atoms with Gasteiger partial charge < -0.3 is 10.2 Å². The molecule has 0 saturated carbocycles. The van der Waals surface area contributed by atoms with E-state index < -0.39 is 0 Å². The SMILES string of the molecule is CNC1CCN(C(=O)c2cc3c(s2)-c2ccccc2C(C)(C)C3)CC1.Cl. The minimum absolute atomic E-state index is 0. The Morgan fingerprint density at radius 1 is 1.23 bits per heavy atom. The van der Waals surface area contributed by atoms with E-state index in [0.29, 0.717) is 6.04 Å². The first-order valence-corrected chi connectivity index (χ1v) is 10.0. The third kappa shape index (κ3) is 3.30. The number of rotatable bonds is 2. The van der Waals surface area contributed by atoms with Gasteiger partial charge in [-0.05, 0) is 54.5 Å². The number of thiophene rings is 1. The van der Waals surface area contributed by atoms with E-state index in [4.69, 9.17) is 0 Å². The molecule has 4 rings (SSSR count). The van der Waals surface area contributed by atoms with Crippen LogP contribution in [0.15, 0.2) is 30.3 Å². The molecule has 1 aliphatic carbocycles. The fourth-order valence-corrected chi connectivity index (χ4v) is 5.45. The van der Waals surface area contributed by atoms with Gasteiger partial charge in [0.15, 0.2) is 0 Å². The predicted molar refractivity (Wildman–Crippen MR) is 112 cm³/mol. The van der Waals surface area contributed by atoms with E-state index >= 15 is 0 Å². The summed E-state index contributed by atoms with van der Waals surface area (Å²) >= 11 is 1.68. The minimum atomic E-state index is 0. The summed E-state index contributed by atoms with van der Waals surface area (Å²) in [5.41, 5.74) is 4.17. The molecule has 0 bridgehead atoms. The highest BCUT2D eigenvalue weighted by Crippen LogP contribution is 2.46. The molecule has 5 heteroatoms. The molecule has 0 radical (unpaired) electrons. The average Bonchev–Trinajstić information content (AvgIpc) is 3.04. The number of nitrogens with one attached hydrogen (secondary N) is 1. The van der Waals surface area contributed by atoms with Crippen LogP contribution in [-0.4, -0.2) is 37.0 Å². The standard InChI is InChI=1S/C21H26N2OS.ClH/c1-21(2)13-14-12-18(20(24)23-10-8-15(22-3)9-11-23)25-19(14)16-6-4-5-7-17(16)21;/h4-7,12,15,22H,8-11,13H2,1-3H3;1H. The van der Waals surface area contributed by atoms with Gasteiger partial charge in [0.1, 0.15) is 0 Å². The summed E-state index contributed by atoms with van der Waals surface area (Å²) in [7, 11) is 2.01. The number of likely N-dealkylation sites (tertiary alicyclic amines) is 1. The molecule has 1 fully saturated rings. The third-order valence-electron chi connectivity index (χ3n) is 5.74. The number of nitrogens with zero attached hydrogens (tertiary/aromatic N) is 1. The fraction of sp³-hybridized carbons (Fsp3) is 0.476. The van der Waals surface area contributed by atoms with Crippen molar-refractivity contribution in [2.24, 2.45) is 0 Å². The quantitative estimate of drug-likeness (QED) is 0.819. The van der Waals surface area contributed by atoms with Crippen molar-refractivity contribution < 1.29 is 4.79 Å². The van der Waals surface area contributed by atoms with Gasteiger partial charge in [-0.25, -0.2) is 0 Å². The molecule has 140 valence electrons. The topological polar surface area (TPSA) is 32.3 Å². The first-order chi connectivity index (χ1) is 12.0. The maximum atomic E-state index is 13.0. The molecule has 1 aromatic carbocycles. The zero-order chi connectivity index (χ0) is 17.6. The molecule has 1 N–H and O–H groups in total. The highest BCUT2D eigenvalue weighted by molar-refractivity contribution is 7.17. The highest BCUT2D eigenvalue weighted by Gasteiger charge is 2.33. The van der Waals surface area contributed by atoms with E-state index in [1.54, 1.807) is 11.3 Å². The summed E-state index contributed by atoms with van der Waals surface area (Å²) in [6, 6.07) is 11.4. The van der Waals surface area contributed by atoms with Crippen LogP contribution in [0, 0.1) is 0 Å². The van der Waals surface area contributed by atoms with Crippen LogP contribution in [0.25, 0.3) is 10.4 Å². The lowest BCUT2D eigenvalue weighted by molar-refractivity contribution is 0.0712. The molecule has 2 aromatic rings. The summed E-state index contributed by atoms with van der Waals surface area (Å²) < 4.78 is 0. The maximum absolute atomic E-state index is 13.0. The Balaban J connectivity index is 0.00000196. The smallest absolute Gasteiger partial charge is 0.263 e. The Morgan fingerprint density at radius 3 is 2.62 bits per heavy atom. The summed E-state index contributed by atoms with van der Waals surface area (Å²) in [5, 5.41) is 3.33. The van der Waals surface area contributed by atoms with Crippen LogP contribution >= 0.6 is 23.7 Å². The molecule has 3 nitrogen and oxygen atoms in total. The maximum Gasteiger partial charge on any atom is 0.263 e. The normalized spacial score (nSPS) is 18.7. The van der Waals surface area contributed by atoms with Crippen molar-refractivity contribution in [3.8, 4) is 10.4 Å². The lowest BCUT2D eigenvalue weighted by atomic mass is 9.73. The van der Waals surface area contributed by atoms with E-state index in [-0.39, 0.29) is 23.7 Å². The molecule has 0 spiro atoms. The van der Waals surface area contributed by atoms with Gasteiger partial charge in [0.25, 0.3) is 5.91 Å². The number of hydrogen-bond donors (Lipinski definition) is 1.